The van der Waals surface area contributed by atoms with Crippen LogP contribution in [0.5, 0.6) is 0 Å². The van der Waals surface area contributed by atoms with Gasteiger partial charge in [0.2, 0.25) is 5.91 Å². The third-order valence-electron chi connectivity index (χ3n) is 2.33. The molecule has 0 aliphatic carbocycles. The summed E-state index contributed by atoms with van der Waals surface area (Å²) in [4.78, 5) is 11.4. The van der Waals surface area contributed by atoms with E-state index in [1.807, 2.05) is 0 Å². The van der Waals surface area contributed by atoms with Crippen LogP contribution in [0.2, 0.25) is 0 Å². The topological polar surface area (TPSA) is 49.3 Å². The van der Waals surface area contributed by atoms with Crippen molar-refractivity contribution in [3.8, 4) is 11.8 Å². The van der Waals surface area contributed by atoms with E-state index in [0.29, 0.717) is 11.1 Å². The van der Waals surface area contributed by atoms with E-state index in [9.17, 15) is 9.18 Å². The summed E-state index contributed by atoms with van der Waals surface area (Å²) < 4.78 is 13.5. The van der Waals surface area contributed by atoms with E-state index in [1.54, 1.807) is 19.9 Å². The molecule has 0 saturated heterocycles. The number of carbonyl (C=O) groups excluding carboxylic acids is 1. The van der Waals surface area contributed by atoms with Gasteiger partial charge >= 0.3 is 0 Å². The van der Waals surface area contributed by atoms with Gasteiger partial charge in [-0.2, -0.15) is 0 Å². The Kier molecular flexibility index (Phi) is 5.34. The predicted molar refractivity (Wildman–Crippen MR) is 67.0 cm³/mol. The van der Waals surface area contributed by atoms with Gasteiger partial charge in [0, 0.05) is 23.6 Å². The van der Waals surface area contributed by atoms with Crippen LogP contribution in [0.3, 0.4) is 0 Å². The van der Waals surface area contributed by atoms with Crippen molar-refractivity contribution in [2.24, 2.45) is 5.92 Å². The number of hydrogen-bond donors (Lipinski definition) is 2. The van der Waals surface area contributed by atoms with Crippen LogP contribution in [-0.2, 0) is 11.3 Å². The first-order valence-electron chi connectivity index (χ1n) is 5.70. The second-order valence-electron chi connectivity index (χ2n) is 4.14. The quantitative estimate of drug-likeness (QED) is 0.796. The Bertz CT molecular complexity index is 486. The lowest BCUT2D eigenvalue weighted by atomic mass is 10.1. The maximum atomic E-state index is 13.5. The molecule has 0 aromatic heterocycles. The van der Waals surface area contributed by atoms with Gasteiger partial charge < -0.3 is 10.4 Å². The molecular weight excluding hydrogens is 233 g/mol. The molecule has 3 nitrogen and oxygen atoms in total. The zero-order valence-corrected chi connectivity index (χ0v) is 10.5. The fraction of sp³-hybridized carbons (Fsp3) is 0.357. The van der Waals surface area contributed by atoms with Crippen LogP contribution in [0.1, 0.15) is 25.0 Å². The van der Waals surface area contributed by atoms with E-state index < -0.39 is 0 Å². The van der Waals surface area contributed by atoms with Gasteiger partial charge in [0.05, 0.1) is 0 Å². The molecule has 0 aliphatic heterocycles. The Balaban J connectivity index is 2.78. The molecular formula is C14H16FNO2. The highest BCUT2D eigenvalue weighted by molar-refractivity contribution is 5.77. The van der Waals surface area contributed by atoms with E-state index in [1.165, 1.54) is 12.1 Å². The number of benzene rings is 1. The molecule has 1 rings (SSSR count). The van der Waals surface area contributed by atoms with Crippen molar-refractivity contribution in [1.29, 1.82) is 0 Å². The number of hydrogen-bond acceptors (Lipinski definition) is 2. The van der Waals surface area contributed by atoms with Crippen LogP contribution in [0.15, 0.2) is 18.2 Å². The number of aliphatic hydroxyl groups is 1. The molecule has 0 unspecified atom stereocenters. The van der Waals surface area contributed by atoms with Crippen LogP contribution in [0.4, 0.5) is 4.39 Å². The smallest absolute Gasteiger partial charge is 0.222 e. The zero-order chi connectivity index (χ0) is 13.5. The molecule has 96 valence electrons. The molecule has 4 heteroatoms. The lowest BCUT2D eigenvalue weighted by molar-refractivity contribution is -0.124. The number of halogens is 1. The molecule has 0 atom stereocenters. The van der Waals surface area contributed by atoms with Gasteiger partial charge in [-0.3, -0.25) is 4.79 Å². The molecule has 0 aliphatic rings. The number of amides is 1. The average molecular weight is 249 g/mol. The van der Waals surface area contributed by atoms with Gasteiger partial charge in [0.1, 0.15) is 12.4 Å². The van der Waals surface area contributed by atoms with Gasteiger partial charge in [-0.05, 0) is 18.2 Å². The molecule has 1 amide bonds. The molecule has 0 spiro atoms. The SMILES string of the molecule is CC(C)C(=O)NCc1cc(C#CCO)ccc1F. The van der Waals surface area contributed by atoms with Crippen molar-refractivity contribution in [3.63, 3.8) is 0 Å². The minimum absolute atomic E-state index is 0.124. The highest BCUT2D eigenvalue weighted by atomic mass is 19.1. The summed E-state index contributed by atoms with van der Waals surface area (Å²) in [5, 5.41) is 11.2. The Labute approximate surface area is 106 Å². The fourth-order valence-electron chi connectivity index (χ4n) is 1.32. The zero-order valence-electron chi connectivity index (χ0n) is 10.5. The van der Waals surface area contributed by atoms with E-state index in [2.05, 4.69) is 17.2 Å². The van der Waals surface area contributed by atoms with Gasteiger partial charge in [-0.15, -0.1) is 0 Å². The first-order valence-corrected chi connectivity index (χ1v) is 5.70. The second-order valence-corrected chi connectivity index (χ2v) is 4.14. The molecule has 0 bridgehead atoms. The van der Waals surface area contributed by atoms with Gasteiger partial charge in [-0.25, -0.2) is 4.39 Å². The van der Waals surface area contributed by atoms with Crippen molar-refractivity contribution >= 4 is 5.91 Å². The lowest BCUT2D eigenvalue weighted by Crippen LogP contribution is -2.27. The first-order chi connectivity index (χ1) is 8.54. The molecule has 1 aromatic rings. The highest BCUT2D eigenvalue weighted by Crippen LogP contribution is 2.10. The van der Waals surface area contributed by atoms with E-state index in [0.717, 1.165) is 0 Å². The second kappa shape index (κ2) is 6.77. The number of rotatable bonds is 3. The van der Waals surface area contributed by atoms with Crippen molar-refractivity contribution in [2.75, 3.05) is 6.61 Å². The lowest BCUT2D eigenvalue weighted by Gasteiger charge is -2.08. The number of carbonyl (C=O) groups is 1. The third-order valence-corrected chi connectivity index (χ3v) is 2.33. The molecule has 0 radical (unpaired) electrons. The standard InChI is InChI=1S/C14H16FNO2/c1-10(2)14(18)16-9-12-8-11(4-3-7-17)5-6-13(12)15/h5-6,8,10,17H,7,9H2,1-2H3,(H,16,18). The Hall–Kier alpha value is -1.86. The van der Waals surface area contributed by atoms with E-state index >= 15 is 0 Å². The molecule has 0 fully saturated rings. The first kappa shape index (κ1) is 14.2. The Morgan fingerprint density at radius 1 is 1.50 bits per heavy atom. The minimum atomic E-state index is -0.381. The van der Waals surface area contributed by atoms with Crippen molar-refractivity contribution in [1.82, 2.24) is 5.32 Å². The molecule has 0 heterocycles. The van der Waals surface area contributed by atoms with Crippen LogP contribution in [0.25, 0.3) is 0 Å². The summed E-state index contributed by atoms with van der Waals surface area (Å²) in [6.45, 7) is 3.44. The summed E-state index contributed by atoms with van der Waals surface area (Å²) >= 11 is 0. The minimum Gasteiger partial charge on any atom is -0.384 e. The van der Waals surface area contributed by atoms with Gasteiger partial charge in [-0.1, -0.05) is 25.7 Å². The fourth-order valence-corrected chi connectivity index (χ4v) is 1.32. The normalized spacial score (nSPS) is 9.83. The van der Waals surface area contributed by atoms with Crippen LogP contribution in [0, 0.1) is 23.6 Å². The molecule has 1 aromatic carbocycles. The third kappa shape index (κ3) is 4.19. The van der Waals surface area contributed by atoms with Gasteiger partial charge in [0.25, 0.3) is 0 Å². The van der Waals surface area contributed by atoms with Crippen LogP contribution in [-0.4, -0.2) is 17.6 Å². The van der Waals surface area contributed by atoms with E-state index in [4.69, 9.17) is 5.11 Å². The van der Waals surface area contributed by atoms with Crippen molar-refractivity contribution in [3.05, 3.63) is 35.1 Å². The Morgan fingerprint density at radius 2 is 2.22 bits per heavy atom. The Morgan fingerprint density at radius 3 is 2.83 bits per heavy atom. The summed E-state index contributed by atoms with van der Waals surface area (Å²) in [6, 6.07) is 4.41. The predicted octanol–water partition coefficient (Wildman–Crippen LogP) is 1.44. The maximum Gasteiger partial charge on any atom is 0.222 e. The molecule has 18 heavy (non-hydrogen) atoms. The molecule has 0 saturated carbocycles. The highest BCUT2D eigenvalue weighted by Gasteiger charge is 2.08. The van der Waals surface area contributed by atoms with Gasteiger partial charge in [0.15, 0.2) is 0 Å². The van der Waals surface area contributed by atoms with Crippen molar-refractivity contribution < 1.29 is 14.3 Å². The number of nitrogens with one attached hydrogen (secondary N) is 1. The van der Waals surface area contributed by atoms with Crippen LogP contribution >= 0.6 is 0 Å². The summed E-state index contributed by atoms with van der Waals surface area (Å²) in [7, 11) is 0. The summed E-state index contributed by atoms with van der Waals surface area (Å²) in [5.74, 6) is 4.54. The average Bonchev–Trinajstić information content (AvgIpc) is 2.35. The van der Waals surface area contributed by atoms with E-state index in [-0.39, 0.29) is 30.8 Å². The largest absolute Gasteiger partial charge is 0.384 e. The monoisotopic (exact) mass is 249 g/mol. The summed E-state index contributed by atoms with van der Waals surface area (Å²) in [5.41, 5.74) is 0.994. The number of aliphatic hydroxyl groups excluding tert-OH is 1. The van der Waals surface area contributed by atoms with Crippen molar-refractivity contribution in [2.45, 2.75) is 20.4 Å². The molecule has 2 N–H and O–H groups in total. The maximum absolute atomic E-state index is 13.5. The summed E-state index contributed by atoms with van der Waals surface area (Å²) in [6.07, 6.45) is 0. The van der Waals surface area contributed by atoms with Crippen LogP contribution < -0.4 is 5.32 Å².